The first-order chi connectivity index (χ1) is 8.63. The molecule has 0 saturated carbocycles. The molecule has 4 N–H and O–H groups in total. The number of hydrogen-bond acceptors (Lipinski definition) is 4. The lowest BCUT2D eigenvalue weighted by Crippen LogP contribution is -2.37. The minimum absolute atomic E-state index is 0.241. The van der Waals surface area contributed by atoms with Crippen LogP contribution in [0.5, 0.6) is 0 Å². The third-order valence-corrected chi connectivity index (χ3v) is 3.30. The third kappa shape index (κ3) is 8.86. The van der Waals surface area contributed by atoms with Gasteiger partial charge in [0, 0.05) is 6.61 Å². The Bertz CT molecular complexity index is 175. The minimum Gasteiger partial charge on any atom is -0.396 e. The molecule has 0 aromatic heterocycles. The molecule has 0 aliphatic carbocycles. The van der Waals surface area contributed by atoms with E-state index in [1.165, 1.54) is 0 Å². The van der Waals surface area contributed by atoms with Crippen molar-refractivity contribution in [3.63, 3.8) is 0 Å². The lowest BCUT2D eigenvalue weighted by molar-refractivity contribution is -0.0651. The lowest BCUT2D eigenvalue weighted by Gasteiger charge is -2.22. The molecule has 0 amide bonds. The largest absolute Gasteiger partial charge is 0.396 e. The van der Waals surface area contributed by atoms with Crippen LogP contribution in [0.2, 0.25) is 0 Å². The summed E-state index contributed by atoms with van der Waals surface area (Å²) in [6.45, 7) is 2.27. The number of unbranched alkanes of at least 4 members (excludes halogenated alkanes) is 5. The van der Waals surface area contributed by atoms with Crippen LogP contribution in [0, 0.1) is 0 Å². The zero-order valence-corrected chi connectivity index (χ0v) is 11.6. The molecule has 0 aliphatic heterocycles. The van der Waals surface area contributed by atoms with Gasteiger partial charge in [0.15, 0.2) is 0 Å². The SMILES string of the molecule is CCCCC(O)C(O)C(O)CCCCCCCO. The van der Waals surface area contributed by atoms with E-state index in [1.54, 1.807) is 0 Å². The highest BCUT2D eigenvalue weighted by Crippen LogP contribution is 2.14. The van der Waals surface area contributed by atoms with E-state index in [9.17, 15) is 15.3 Å². The van der Waals surface area contributed by atoms with Crippen LogP contribution in [0.3, 0.4) is 0 Å². The molecule has 18 heavy (non-hydrogen) atoms. The number of hydrogen-bond donors (Lipinski definition) is 4. The Morgan fingerprint density at radius 3 is 1.78 bits per heavy atom. The summed E-state index contributed by atoms with van der Waals surface area (Å²) in [7, 11) is 0. The van der Waals surface area contributed by atoms with Gasteiger partial charge in [-0.3, -0.25) is 0 Å². The molecular weight excluding hydrogens is 232 g/mol. The highest BCUT2D eigenvalue weighted by molar-refractivity contribution is 4.75. The fourth-order valence-electron chi connectivity index (χ4n) is 2.01. The molecule has 4 heteroatoms. The van der Waals surface area contributed by atoms with E-state index in [0.717, 1.165) is 44.9 Å². The summed E-state index contributed by atoms with van der Waals surface area (Å²) >= 11 is 0. The van der Waals surface area contributed by atoms with E-state index in [-0.39, 0.29) is 6.61 Å². The van der Waals surface area contributed by atoms with Crippen molar-refractivity contribution < 1.29 is 20.4 Å². The maximum atomic E-state index is 9.74. The molecule has 0 bridgehead atoms. The molecule has 0 aromatic rings. The molecule has 0 rings (SSSR count). The van der Waals surface area contributed by atoms with Crippen molar-refractivity contribution in [2.24, 2.45) is 0 Å². The average Bonchev–Trinajstić information content (AvgIpc) is 2.38. The van der Waals surface area contributed by atoms with Crippen LogP contribution in [-0.2, 0) is 0 Å². The summed E-state index contributed by atoms with van der Waals surface area (Å²) in [4.78, 5) is 0. The fourth-order valence-corrected chi connectivity index (χ4v) is 2.01. The van der Waals surface area contributed by atoms with Crippen molar-refractivity contribution in [3.8, 4) is 0 Å². The van der Waals surface area contributed by atoms with Gasteiger partial charge in [-0.2, -0.15) is 0 Å². The topological polar surface area (TPSA) is 80.9 Å². The Morgan fingerprint density at radius 1 is 0.722 bits per heavy atom. The predicted molar refractivity (Wildman–Crippen MR) is 72.3 cm³/mol. The second-order valence-electron chi connectivity index (χ2n) is 5.05. The van der Waals surface area contributed by atoms with E-state index >= 15 is 0 Å². The van der Waals surface area contributed by atoms with E-state index in [2.05, 4.69) is 0 Å². The second kappa shape index (κ2) is 11.9. The quantitative estimate of drug-likeness (QED) is 0.403. The highest BCUT2D eigenvalue weighted by Gasteiger charge is 2.23. The van der Waals surface area contributed by atoms with E-state index < -0.39 is 18.3 Å². The minimum atomic E-state index is -1.02. The maximum Gasteiger partial charge on any atom is 0.106 e. The van der Waals surface area contributed by atoms with Crippen molar-refractivity contribution in [1.29, 1.82) is 0 Å². The Balaban J connectivity index is 3.57. The molecule has 0 fully saturated rings. The van der Waals surface area contributed by atoms with Crippen LogP contribution in [-0.4, -0.2) is 45.3 Å². The highest BCUT2D eigenvalue weighted by atomic mass is 16.4. The molecule has 3 unspecified atom stereocenters. The molecular formula is C14H30O4. The van der Waals surface area contributed by atoms with Gasteiger partial charge in [0.2, 0.25) is 0 Å². The van der Waals surface area contributed by atoms with Gasteiger partial charge >= 0.3 is 0 Å². The lowest BCUT2D eigenvalue weighted by atomic mass is 9.98. The summed E-state index contributed by atoms with van der Waals surface area (Å²) < 4.78 is 0. The number of aliphatic hydroxyl groups excluding tert-OH is 4. The summed E-state index contributed by atoms with van der Waals surface area (Å²) in [6.07, 6.45) is 5.00. The smallest absolute Gasteiger partial charge is 0.106 e. The Labute approximate surface area is 111 Å². The first-order valence-corrected chi connectivity index (χ1v) is 7.28. The van der Waals surface area contributed by atoms with Crippen LogP contribution >= 0.6 is 0 Å². The molecule has 110 valence electrons. The van der Waals surface area contributed by atoms with Gasteiger partial charge in [0.25, 0.3) is 0 Å². The van der Waals surface area contributed by atoms with Crippen LogP contribution in [0.1, 0.15) is 64.7 Å². The van der Waals surface area contributed by atoms with Gasteiger partial charge < -0.3 is 20.4 Å². The molecule has 0 heterocycles. The van der Waals surface area contributed by atoms with Gasteiger partial charge in [-0.05, 0) is 19.3 Å². The maximum absolute atomic E-state index is 9.74. The van der Waals surface area contributed by atoms with Gasteiger partial charge in [-0.1, -0.05) is 45.4 Å². The van der Waals surface area contributed by atoms with Crippen LogP contribution < -0.4 is 0 Å². The number of rotatable bonds is 12. The molecule has 0 aliphatic rings. The third-order valence-electron chi connectivity index (χ3n) is 3.30. The standard InChI is InChI=1S/C14H30O4/c1-2-3-9-12(16)14(18)13(17)10-7-5-4-6-8-11-15/h12-18H,2-11H2,1H3. The van der Waals surface area contributed by atoms with Gasteiger partial charge in [-0.15, -0.1) is 0 Å². The van der Waals surface area contributed by atoms with E-state index in [4.69, 9.17) is 5.11 Å². The molecule has 0 aromatic carbocycles. The second-order valence-corrected chi connectivity index (χ2v) is 5.05. The number of aliphatic hydroxyl groups is 4. The van der Waals surface area contributed by atoms with Crippen molar-refractivity contribution in [3.05, 3.63) is 0 Å². The van der Waals surface area contributed by atoms with Crippen molar-refractivity contribution in [2.45, 2.75) is 83.0 Å². The summed E-state index contributed by atoms with van der Waals surface area (Å²) in [5.41, 5.74) is 0. The van der Waals surface area contributed by atoms with Crippen molar-refractivity contribution >= 4 is 0 Å². The van der Waals surface area contributed by atoms with Gasteiger partial charge in [0.1, 0.15) is 6.10 Å². The van der Waals surface area contributed by atoms with Crippen LogP contribution in [0.4, 0.5) is 0 Å². The van der Waals surface area contributed by atoms with Crippen molar-refractivity contribution in [2.75, 3.05) is 6.61 Å². The summed E-state index contributed by atoms with van der Waals surface area (Å²) in [6, 6.07) is 0. The molecule has 3 atom stereocenters. The first kappa shape index (κ1) is 17.8. The Kier molecular flexibility index (Phi) is 11.8. The van der Waals surface area contributed by atoms with E-state index in [0.29, 0.717) is 12.8 Å². The summed E-state index contributed by atoms with van der Waals surface area (Å²) in [5, 5.41) is 37.7. The summed E-state index contributed by atoms with van der Waals surface area (Å²) in [5.74, 6) is 0. The zero-order valence-electron chi connectivity index (χ0n) is 11.6. The van der Waals surface area contributed by atoms with Crippen LogP contribution in [0.25, 0.3) is 0 Å². The monoisotopic (exact) mass is 262 g/mol. The van der Waals surface area contributed by atoms with Gasteiger partial charge in [0.05, 0.1) is 12.2 Å². The van der Waals surface area contributed by atoms with E-state index in [1.807, 2.05) is 6.92 Å². The zero-order chi connectivity index (χ0) is 13.8. The Hall–Kier alpha value is -0.160. The molecule has 0 spiro atoms. The van der Waals surface area contributed by atoms with Crippen LogP contribution in [0.15, 0.2) is 0 Å². The average molecular weight is 262 g/mol. The van der Waals surface area contributed by atoms with Gasteiger partial charge in [-0.25, -0.2) is 0 Å². The predicted octanol–water partition coefficient (Wildman–Crippen LogP) is 1.59. The first-order valence-electron chi connectivity index (χ1n) is 7.28. The fraction of sp³-hybridized carbons (Fsp3) is 1.00. The Morgan fingerprint density at radius 2 is 1.22 bits per heavy atom. The molecule has 0 radical (unpaired) electrons. The normalized spacial score (nSPS) is 16.5. The molecule has 0 saturated heterocycles. The van der Waals surface area contributed by atoms with Crippen molar-refractivity contribution in [1.82, 2.24) is 0 Å². The molecule has 4 nitrogen and oxygen atoms in total.